The van der Waals surface area contributed by atoms with Gasteiger partial charge >= 0.3 is 0 Å². The van der Waals surface area contributed by atoms with Crippen molar-refractivity contribution in [1.29, 1.82) is 0 Å². The Kier molecular flexibility index (Phi) is 6.10. The van der Waals surface area contributed by atoms with Crippen molar-refractivity contribution < 1.29 is 17.9 Å². The molecule has 0 spiro atoms. The molecule has 0 unspecified atom stereocenters. The number of nitrogens with one attached hydrogen (secondary N) is 1. The summed E-state index contributed by atoms with van der Waals surface area (Å²) in [6.07, 6.45) is 0. The lowest BCUT2D eigenvalue weighted by atomic mass is 10.1. The normalized spacial score (nSPS) is 11.3. The molecule has 0 aliphatic rings. The van der Waals surface area contributed by atoms with Crippen LogP contribution >= 0.6 is 11.6 Å². The van der Waals surface area contributed by atoms with E-state index in [-0.39, 0.29) is 23.1 Å². The van der Waals surface area contributed by atoms with E-state index in [0.717, 1.165) is 16.9 Å². The van der Waals surface area contributed by atoms with E-state index in [1.165, 1.54) is 25.3 Å². The standard InChI is InChI=1S/C17H20ClNO4S/c1-12-8-13(2)10-14(9-12)23-7-6-19-24(20,21)15-4-5-17(22-3)16(18)11-15/h4-5,8-11,19H,6-7H2,1-3H3. The second-order valence-electron chi connectivity index (χ2n) is 5.37. The zero-order valence-electron chi connectivity index (χ0n) is 13.8. The molecule has 0 atom stereocenters. The van der Waals surface area contributed by atoms with Crippen LogP contribution in [0.15, 0.2) is 41.3 Å². The van der Waals surface area contributed by atoms with Crippen LogP contribution in [0.4, 0.5) is 0 Å². The van der Waals surface area contributed by atoms with Gasteiger partial charge in [0.15, 0.2) is 0 Å². The third-order valence-electron chi connectivity index (χ3n) is 3.29. The van der Waals surface area contributed by atoms with Gasteiger partial charge in [-0.05, 0) is 55.3 Å². The summed E-state index contributed by atoms with van der Waals surface area (Å²) >= 11 is 5.96. The average Bonchev–Trinajstić information content (AvgIpc) is 2.50. The molecule has 2 aromatic carbocycles. The number of hydrogen-bond acceptors (Lipinski definition) is 4. The minimum Gasteiger partial charge on any atom is -0.495 e. The quantitative estimate of drug-likeness (QED) is 0.760. The maximum absolute atomic E-state index is 12.2. The Balaban J connectivity index is 1.94. The molecule has 130 valence electrons. The molecule has 0 radical (unpaired) electrons. The highest BCUT2D eigenvalue weighted by atomic mass is 35.5. The number of methoxy groups -OCH3 is 1. The summed E-state index contributed by atoms with van der Waals surface area (Å²) in [6.45, 7) is 4.34. The van der Waals surface area contributed by atoms with Crippen LogP contribution in [0.3, 0.4) is 0 Å². The molecule has 0 bridgehead atoms. The molecule has 0 heterocycles. The molecule has 0 aliphatic heterocycles. The summed E-state index contributed by atoms with van der Waals surface area (Å²) in [4.78, 5) is 0.0831. The third-order valence-corrected chi connectivity index (χ3v) is 5.05. The van der Waals surface area contributed by atoms with Crippen molar-refractivity contribution >= 4 is 21.6 Å². The van der Waals surface area contributed by atoms with E-state index in [0.29, 0.717) is 5.75 Å². The molecule has 1 N–H and O–H groups in total. The average molecular weight is 370 g/mol. The lowest BCUT2D eigenvalue weighted by Gasteiger charge is -2.11. The minimum absolute atomic E-state index is 0.0831. The van der Waals surface area contributed by atoms with Gasteiger partial charge in [-0.15, -0.1) is 0 Å². The highest BCUT2D eigenvalue weighted by Gasteiger charge is 2.15. The molecule has 2 rings (SSSR count). The van der Waals surface area contributed by atoms with Crippen LogP contribution in [0.2, 0.25) is 5.02 Å². The third kappa shape index (κ3) is 4.87. The Bertz CT molecular complexity index is 801. The number of sulfonamides is 1. The van der Waals surface area contributed by atoms with E-state index in [9.17, 15) is 8.42 Å². The zero-order chi connectivity index (χ0) is 17.7. The first-order valence-electron chi connectivity index (χ1n) is 7.36. The Morgan fingerprint density at radius 2 is 1.75 bits per heavy atom. The SMILES string of the molecule is COc1ccc(S(=O)(=O)NCCOc2cc(C)cc(C)c2)cc1Cl. The molecular formula is C17H20ClNO4S. The van der Waals surface area contributed by atoms with Crippen LogP contribution in [0.25, 0.3) is 0 Å². The zero-order valence-corrected chi connectivity index (χ0v) is 15.4. The van der Waals surface area contributed by atoms with Gasteiger partial charge < -0.3 is 9.47 Å². The molecule has 7 heteroatoms. The molecule has 0 aliphatic carbocycles. The fourth-order valence-corrected chi connectivity index (χ4v) is 3.62. The van der Waals surface area contributed by atoms with Crippen molar-refractivity contribution in [3.63, 3.8) is 0 Å². The lowest BCUT2D eigenvalue weighted by Crippen LogP contribution is -2.28. The second-order valence-corrected chi connectivity index (χ2v) is 7.54. The molecular weight excluding hydrogens is 350 g/mol. The van der Waals surface area contributed by atoms with Crippen molar-refractivity contribution in [1.82, 2.24) is 4.72 Å². The van der Waals surface area contributed by atoms with E-state index in [4.69, 9.17) is 21.1 Å². The number of ether oxygens (including phenoxy) is 2. The van der Waals surface area contributed by atoms with Crippen molar-refractivity contribution in [3.8, 4) is 11.5 Å². The molecule has 0 saturated heterocycles. The highest BCUT2D eigenvalue weighted by molar-refractivity contribution is 7.89. The smallest absolute Gasteiger partial charge is 0.240 e. The number of hydrogen-bond donors (Lipinski definition) is 1. The van der Waals surface area contributed by atoms with E-state index in [1.807, 2.05) is 32.0 Å². The molecule has 0 saturated carbocycles. The fourth-order valence-electron chi connectivity index (χ4n) is 2.26. The van der Waals surface area contributed by atoms with Crippen molar-refractivity contribution in [3.05, 3.63) is 52.5 Å². The molecule has 2 aromatic rings. The van der Waals surface area contributed by atoms with Crippen LogP contribution in [0.5, 0.6) is 11.5 Å². The van der Waals surface area contributed by atoms with Crippen molar-refractivity contribution in [2.24, 2.45) is 0 Å². The molecule has 0 aromatic heterocycles. The summed E-state index contributed by atoms with van der Waals surface area (Å²) in [5.41, 5.74) is 2.19. The first-order valence-corrected chi connectivity index (χ1v) is 9.22. The van der Waals surface area contributed by atoms with Gasteiger partial charge in [0.2, 0.25) is 10.0 Å². The number of rotatable bonds is 7. The van der Waals surface area contributed by atoms with Gasteiger partial charge in [0.05, 0.1) is 17.0 Å². The topological polar surface area (TPSA) is 64.6 Å². The largest absolute Gasteiger partial charge is 0.495 e. The van der Waals surface area contributed by atoms with Crippen LogP contribution in [-0.2, 0) is 10.0 Å². The van der Waals surface area contributed by atoms with Crippen LogP contribution < -0.4 is 14.2 Å². The van der Waals surface area contributed by atoms with Crippen LogP contribution in [0, 0.1) is 13.8 Å². The Morgan fingerprint density at radius 1 is 1.08 bits per heavy atom. The molecule has 5 nitrogen and oxygen atoms in total. The minimum atomic E-state index is -3.65. The van der Waals surface area contributed by atoms with E-state index in [1.54, 1.807) is 0 Å². The number of halogens is 1. The Morgan fingerprint density at radius 3 is 2.33 bits per heavy atom. The van der Waals surface area contributed by atoms with Gasteiger partial charge in [0, 0.05) is 6.54 Å². The van der Waals surface area contributed by atoms with E-state index < -0.39 is 10.0 Å². The highest BCUT2D eigenvalue weighted by Crippen LogP contribution is 2.26. The van der Waals surface area contributed by atoms with Crippen molar-refractivity contribution in [2.45, 2.75) is 18.7 Å². The van der Waals surface area contributed by atoms with Gasteiger partial charge in [-0.2, -0.15) is 0 Å². The van der Waals surface area contributed by atoms with Gasteiger partial charge in [-0.25, -0.2) is 13.1 Å². The Hall–Kier alpha value is -1.76. The summed E-state index contributed by atoms with van der Waals surface area (Å²) < 4.78 is 37.6. The first kappa shape index (κ1) is 18.6. The summed E-state index contributed by atoms with van der Waals surface area (Å²) in [6, 6.07) is 10.2. The summed E-state index contributed by atoms with van der Waals surface area (Å²) in [7, 11) is -2.18. The Labute approximate surface area is 147 Å². The maximum Gasteiger partial charge on any atom is 0.240 e. The van der Waals surface area contributed by atoms with Gasteiger partial charge in [-0.1, -0.05) is 17.7 Å². The van der Waals surface area contributed by atoms with E-state index in [2.05, 4.69) is 4.72 Å². The van der Waals surface area contributed by atoms with Gasteiger partial charge in [-0.3, -0.25) is 0 Å². The van der Waals surface area contributed by atoms with Gasteiger partial charge in [0.25, 0.3) is 0 Å². The second kappa shape index (κ2) is 7.88. The van der Waals surface area contributed by atoms with Gasteiger partial charge in [0.1, 0.15) is 18.1 Å². The number of benzene rings is 2. The van der Waals surface area contributed by atoms with Crippen molar-refractivity contribution in [2.75, 3.05) is 20.3 Å². The number of aryl methyl sites for hydroxylation is 2. The fraction of sp³-hybridized carbons (Fsp3) is 0.294. The first-order chi connectivity index (χ1) is 11.3. The molecule has 0 fully saturated rings. The monoisotopic (exact) mass is 369 g/mol. The maximum atomic E-state index is 12.2. The molecule has 24 heavy (non-hydrogen) atoms. The summed E-state index contributed by atoms with van der Waals surface area (Å²) in [5.74, 6) is 1.15. The van der Waals surface area contributed by atoms with E-state index >= 15 is 0 Å². The lowest BCUT2D eigenvalue weighted by molar-refractivity contribution is 0.322. The van der Waals surface area contributed by atoms with Crippen LogP contribution in [-0.4, -0.2) is 28.7 Å². The van der Waals surface area contributed by atoms with Crippen LogP contribution in [0.1, 0.15) is 11.1 Å². The molecule has 0 amide bonds. The predicted octanol–water partition coefficient (Wildman–Crippen LogP) is 3.32. The summed E-state index contributed by atoms with van der Waals surface area (Å²) in [5, 5.41) is 0.242. The predicted molar refractivity (Wildman–Crippen MR) is 94.6 cm³/mol.